The molecule has 1 aliphatic rings. The first kappa shape index (κ1) is 25.4. The van der Waals surface area contributed by atoms with Crippen LogP contribution in [0, 0.1) is 10.1 Å². The highest BCUT2D eigenvalue weighted by molar-refractivity contribution is 5.99. The van der Waals surface area contributed by atoms with Gasteiger partial charge in [-0.25, -0.2) is 4.79 Å². The van der Waals surface area contributed by atoms with Gasteiger partial charge in [-0.3, -0.25) is 20.2 Å². The molecule has 1 unspecified atom stereocenters. The quantitative estimate of drug-likeness (QED) is 0.141. The monoisotopic (exact) mass is 520 g/mol. The van der Waals surface area contributed by atoms with Crippen LogP contribution in [0.4, 0.5) is 5.69 Å². The second-order valence-corrected chi connectivity index (χ2v) is 8.78. The molecule has 1 heterocycles. The van der Waals surface area contributed by atoms with Gasteiger partial charge < -0.3 is 9.47 Å². The number of carbonyl (C=O) groups is 2. The minimum atomic E-state index is -0.608. The van der Waals surface area contributed by atoms with Gasteiger partial charge >= 0.3 is 5.97 Å². The van der Waals surface area contributed by atoms with E-state index < -0.39 is 22.7 Å². The van der Waals surface area contributed by atoms with Gasteiger partial charge in [0.1, 0.15) is 11.3 Å². The second-order valence-electron chi connectivity index (χ2n) is 8.78. The van der Waals surface area contributed by atoms with Gasteiger partial charge in [0.05, 0.1) is 17.4 Å². The van der Waals surface area contributed by atoms with Crippen molar-refractivity contribution in [1.82, 2.24) is 5.32 Å². The molecule has 0 saturated heterocycles. The van der Waals surface area contributed by atoms with Gasteiger partial charge in [0, 0.05) is 23.8 Å². The molecule has 0 radical (unpaired) electrons. The number of hydrogen-bond donors (Lipinski definition) is 1. The lowest BCUT2D eigenvalue weighted by molar-refractivity contribution is -0.384. The molecule has 1 amide bonds. The zero-order chi connectivity index (χ0) is 27.4. The van der Waals surface area contributed by atoms with Crippen LogP contribution < -0.4 is 10.1 Å². The Bertz CT molecular complexity index is 1640. The van der Waals surface area contributed by atoms with Crippen molar-refractivity contribution in [2.24, 2.45) is 0 Å². The van der Waals surface area contributed by atoms with Crippen LogP contribution >= 0.6 is 0 Å². The van der Waals surface area contributed by atoms with E-state index in [4.69, 9.17) is 9.47 Å². The standard InChI is InChI=1S/C31H24N2O6/c1-2-38-31(35)29-27(22-11-4-3-5-12-22)28-24-14-7-6-10-21(24)16-17-25(28)39-30(29)32-26(34)18-15-20-9-8-13-23(19-20)33(36)37/h3-19,27H,2H2,1H3,(H,32,34)/b18-15+. The fourth-order valence-corrected chi connectivity index (χ4v) is 4.66. The molecule has 1 atom stereocenters. The number of fused-ring (bicyclic) bond motifs is 3. The fourth-order valence-electron chi connectivity index (χ4n) is 4.66. The molecule has 0 spiro atoms. The van der Waals surface area contributed by atoms with Gasteiger partial charge in [-0.1, -0.05) is 72.8 Å². The predicted molar refractivity (Wildman–Crippen MR) is 147 cm³/mol. The largest absolute Gasteiger partial charge is 0.462 e. The number of nitrogens with one attached hydrogen (secondary N) is 1. The van der Waals surface area contributed by atoms with Crippen LogP contribution in [-0.2, 0) is 14.3 Å². The Labute approximate surface area is 224 Å². The predicted octanol–water partition coefficient (Wildman–Crippen LogP) is 5.88. The van der Waals surface area contributed by atoms with Crippen molar-refractivity contribution in [2.45, 2.75) is 12.8 Å². The molecule has 1 aliphatic heterocycles. The van der Waals surface area contributed by atoms with E-state index >= 15 is 0 Å². The molecule has 1 N–H and O–H groups in total. The molecule has 0 bridgehead atoms. The van der Waals surface area contributed by atoms with Crippen molar-refractivity contribution in [3.05, 3.63) is 135 Å². The molecule has 0 fully saturated rings. The van der Waals surface area contributed by atoms with Crippen molar-refractivity contribution in [3.8, 4) is 5.75 Å². The molecular weight excluding hydrogens is 496 g/mol. The molecular formula is C31H24N2O6. The third-order valence-electron chi connectivity index (χ3n) is 6.34. The summed E-state index contributed by atoms with van der Waals surface area (Å²) in [7, 11) is 0. The highest BCUT2D eigenvalue weighted by Gasteiger charge is 2.38. The lowest BCUT2D eigenvalue weighted by Gasteiger charge is -2.31. The number of nitro benzene ring substituents is 1. The number of non-ortho nitro benzene ring substituents is 1. The van der Waals surface area contributed by atoms with Crippen LogP contribution in [0.25, 0.3) is 16.8 Å². The summed E-state index contributed by atoms with van der Waals surface area (Å²) in [6.07, 6.45) is 2.68. The van der Waals surface area contributed by atoms with Gasteiger partial charge in [-0.15, -0.1) is 0 Å². The summed E-state index contributed by atoms with van der Waals surface area (Å²) >= 11 is 0. The molecule has 39 heavy (non-hydrogen) atoms. The summed E-state index contributed by atoms with van der Waals surface area (Å²) in [4.78, 5) is 37.0. The van der Waals surface area contributed by atoms with Crippen LogP contribution in [0.15, 0.2) is 109 Å². The van der Waals surface area contributed by atoms with Gasteiger partial charge in [-0.2, -0.15) is 0 Å². The molecule has 8 nitrogen and oxygen atoms in total. The summed E-state index contributed by atoms with van der Waals surface area (Å²) in [6.45, 7) is 1.85. The Morgan fingerprint density at radius 1 is 1.00 bits per heavy atom. The van der Waals surface area contributed by atoms with Gasteiger partial charge in [0.25, 0.3) is 11.6 Å². The van der Waals surface area contributed by atoms with Crippen LogP contribution in [0.2, 0.25) is 0 Å². The van der Waals surface area contributed by atoms with Crippen LogP contribution in [0.3, 0.4) is 0 Å². The van der Waals surface area contributed by atoms with Crippen molar-refractivity contribution >= 4 is 34.4 Å². The molecule has 0 saturated carbocycles. The second kappa shape index (κ2) is 11.0. The Morgan fingerprint density at radius 3 is 2.54 bits per heavy atom. The number of hydrogen-bond acceptors (Lipinski definition) is 6. The first-order valence-electron chi connectivity index (χ1n) is 12.4. The SMILES string of the molecule is CCOC(=O)C1=C(NC(=O)/C=C/c2cccc([N+](=O)[O-])c2)Oc2ccc3ccccc3c2C1c1ccccc1. The number of amides is 1. The number of nitrogens with zero attached hydrogens (tertiary/aromatic N) is 1. The van der Waals surface area contributed by atoms with E-state index in [0.717, 1.165) is 21.9 Å². The maximum atomic E-state index is 13.4. The van der Waals surface area contributed by atoms with Crippen molar-refractivity contribution in [1.29, 1.82) is 0 Å². The number of esters is 1. The molecule has 8 heteroatoms. The maximum Gasteiger partial charge on any atom is 0.340 e. The average Bonchev–Trinajstić information content (AvgIpc) is 2.96. The minimum Gasteiger partial charge on any atom is -0.462 e. The van der Waals surface area contributed by atoms with Gasteiger partial charge in [0.2, 0.25) is 5.88 Å². The van der Waals surface area contributed by atoms with E-state index in [2.05, 4.69) is 5.32 Å². The molecule has 4 aromatic rings. The van der Waals surface area contributed by atoms with Crippen LogP contribution in [-0.4, -0.2) is 23.4 Å². The third-order valence-corrected chi connectivity index (χ3v) is 6.34. The number of nitro groups is 1. The average molecular weight is 521 g/mol. The lowest BCUT2D eigenvalue weighted by Crippen LogP contribution is -2.33. The highest BCUT2D eigenvalue weighted by Crippen LogP contribution is 2.46. The fraction of sp³-hybridized carbons (Fsp3) is 0.0968. The zero-order valence-corrected chi connectivity index (χ0v) is 21.0. The molecule has 0 aromatic heterocycles. The van der Waals surface area contributed by atoms with E-state index in [9.17, 15) is 19.7 Å². The minimum absolute atomic E-state index is 0.0289. The van der Waals surface area contributed by atoms with E-state index in [0.29, 0.717) is 11.3 Å². The topological polar surface area (TPSA) is 108 Å². The number of benzene rings is 4. The maximum absolute atomic E-state index is 13.4. The number of rotatable bonds is 7. The van der Waals surface area contributed by atoms with E-state index in [1.54, 1.807) is 13.0 Å². The summed E-state index contributed by atoms with van der Waals surface area (Å²) in [5.41, 5.74) is 2.19. The Balaban J connectivity index is 1.60. The van der Waals surface area contributed by atoms with E-state index in [1.165, 1.54) is 30.4 Å². The van der Waals surface area contributed by atoms with Crippen LogP contribution in [0.1, 0.15) is 29.5 Å². The first-order chi connectivity index (χ1) is 19.0. The zero-order valence-electron chi connectivity index (χ0n) is 21.0. The van der Waals surface area contributed by atoms with E-state index in [1.807, 2.05) is 66.7 Å². The normalized spacial score (nSPS) is 14.5. The smallest absolute Gasteiger partial charge is 0.340 e. The molecule has 0 aliphatic carbocycles. The highest BCUT2D eigenvalue weighted by atomic mass is 16.6. The number of carbonyl (C=O) groups excluding carboxylic acids is 2. The van der Waals surface area contributed by atoms with E-state index in [-0.39, 0.29) is 23.8 Å². The Kier molecular flexibility index (Phi) is 7.18. The lowest BCUT2D eigenvalue weighted by atomic mass is 9.80. The van der Waals surface area contributed by atoms with Gasteiger partial charge in [0.15, 0.2) is 0 Å². The molecule has 4 aromatic carbocycles. The van der Waals surface area contributed by atoms with Crippen LogP contribution in [0.5, 0.6) is 5.75 Å². The summed E-state index contributed by atoms with van der Waals surface area (Å²) < 4.78 is 11.6. The molecule has 194 valence electrons. The third kappa shape index (κ3) is 5.26. The van der Waals surface area contributed by atoms with Crippen molar-refractivity contribution in [3.63, 3.8) is 0 Å². The van der Waals surface area contributed by atoms with Crippen molar-refractivity contribution < 1.29 is 24.0 Å². The Morgan fingerprint density at radius 2 is 1.77 bits per heavy atom. The summed E-state index contributed by atoms with van der Waals surface area (Å²) in [6, 6.07) is 27.0. The molecule has 5 rings (SSSR count). The first-order valence-corrected chi connectivity index (χ1v) is 12.4. The summed E-state index contributed by atoms with van der Waals surface area (Å²) in [5, 5.41) is 15.7. The summed E-state index contributed by atoms with van der Waals surface area (Å²) in [5.74, 6) is -1.28. The van der Waals surface area contributed by atoms with Crippen molar-refractivity contribution in [2.75, 3.05) is 6.61 Å². The Hall–Kier alpha value is -5.24. The van der Waals surface area contributed by atoms with Gasteiger partial charge in [-0.05, 0) is 41.0 Å². The number of ether oxygens (including phenoxy) is 2.